The fourth-order valence-corrected chi connectivity index (χ4v) is 2.68. The third kappa shape index (κ3) is 4.10. The summed E-state index contributed by atoms with van der Waals surface area (Å²) in [4.78, 5) is 15.1. The van der Waals surface area contributed by atoms with Crippen LogP contribution in [0, 0.1) is 12.7 Å². The van der Waals surface area contributed by atoms with E-state index in [1.54, 1.807) is 26.1 Å². The second-order valence-electron chi connectivity index (χ2n) is 4.84. The third-order valence-electron chi connectivity index (χ3n) is 3.15. The van der Waals surface area contributed by atoms with Gasteiger partial charge in [-0.25, -0.2) is 9.37 Å². The van der Waals surface area contributed by atoms with Gasteiger partial charge in [0, 0.05) is 18.9 Å². The highest BCUT2D eigenvalue weighted by Gasteiger charge is 2.25. The predicted molar refractivity (Wildman–Crippen MR) is 85.3 cm³/mol. The lowest BCUT2D eigenvalue weighted by Gasteiger charge is -2.15. The summed E-state index contributed by atoms with van der Waals surface area (Å²) in [6, 6.07) is 3.04. The van der Waals surface area contributed by atoms with E-state index in [-0.39, 0.29) is 12.4 Å². The topological polar surface area (TPSA) is 61.6 Å². The number of halogens is 2. The molecule has 0 amide bonds. The molecule has 7 heteroatoms. The first kappa shape index (κ1) is 17.5. The van der Waals surface area contributed by atoms with Crippen molar-refractivity contribution in [2.75, 3.05) is 13.7 Å². The number of esters is 1. The summed E-state index contributed by atoms with van der Waals surface area (Å²) in [6.45, 7) is 3.68. The van der Waals surface area contributed by atoms with E-state index in [0.29, 0.717) is 29.2 Å². The van der Waals surface area contributed by atoms with E-state index in [0.717, 1.165) is 0 Å². The Morgan fingerprint density at radius 3 is 2.78 bits per heavy atom. The lowest BCUT2D eigenvalue weighted by molar-refractivity contribution is -0.142. The van der Waals surface area contributed by atoms with Gasteiger partial charge in [-0.3, -0.25) is 4.79 Å². The number of rotatable bonds is 6. The monoisotopic (exact) mass is 385 g/mol. The SMILES string of the molecule is CCOC(=O)C(Br)c1cc(Cc2cnc(C)o2)cc(F)c1OC. The third-order valence-corrected chi connectivity index (χ3v) is 4.02. The summed E-state index contributed by atoms with van der Waals surface area (Å²) in [6.07, 6.45) is 1.95. The molecular weight excluding hydrogens is 369 g/mol. The number of hydrogen-bond acceptors (Lipinski definition) is 5. The maximum atomic E-state index is 14.3. The van der Waals surface area contributed by atoms with E-state index in [9.17, 15) is 9.18 Å². The van der Waals surface area contributed by atoms with Crippen LogP contribution in [0.5, 0.6) is 5.75 Å². The molecule has 0 aliphatic heterocycles. The second-order valence-corrected chi connectivity index (χ2v) is 5.75. The van der Waals surface area contributed by atoms with E-state index in [4.69, 9.17) is 13.9 Å². The molecule has 0 spiro atoms. The Morgan fingerprint density at radius 2 is 2.22 bits per heavy atom. The van der Waals surface area contributed by atoms with Gasteiger partial charge in [-0.2, -0.15) is 0 Å². The van der Waals surface area contributed by atoms with Gasteiger partial charge in [0.1, 0.15) is 10.6 Å². The number of carbonyl (C=O) groups excluding carboxylic acids is 1. The van der Waals surface area contributed by atoms with Gasteiger partial charge in [0.2, 0.25) is 0 Å². The van der Waals surface area contributed by atoms with Crippen molar-refractivity contribution in [1.29, 1.82) is 0 Å². The smallest absolute Gasteiger partial charge is 0.324 e. The Bertz CT molecular complexity index is 701. The number of aryl methyl sites for hydroxylation is 1. The fourth-order valence-electron chi connectivity index (χ4n) is 2.21. The molecule has 1 unspecified atom stereocenters. The summed E-state index contributed by atoms with van der Waals surface area (Å²) in [5.74, 6) is 0.111. The van der Waals surface area contributed by atoms with Crippen LogP contribution < -0.4 is 4.74 Å². The summed E-state index contributed by atoms with van der Waals surface area (Å²) in [7, 11) is 1.35. The van der Waals surface area contributed by atoms with E-state index < -0.39 is 16.6 Å². The maximum Gasteiger partial charge on any atom is 0.324 e. The first-order chi connectivity index (χ1) is 11.0. The number of alkyl halides is 1. The second kappa shape index (κ2) is 7.59. The molecule has 0 radical (unpaired) electrons. The van der Waals surface area contributed by atoms with Crippen LogP contribution in [0.2, 0.25) is 0 Å². The standard InChI is InChI=1S/C16H17BrFNO4/c1-4-22-16(20)14(17)12-6-10(7-13(18)15(12)21-3)5-11-8-19-9(2)23-11/h6-8,14H,4-5H2,1-3H3. The fraction of sp³-hybridized carbons (Fsp3) is 0.375. The lowest BCUT2D eigenvalue weighted by atomic mass is 10.0. The molecule has 0 bridgehead atoms. The zero-order valence-electron chi connectivity index (χ0n) is 13.1. The quantitative estimate of drug-likeness (QED) is 0.560. The molecule has 124 valence electrons. The van der Waals surface area contributed by atoms with Crippen LogP contribution in [0.25, 0.3) is 0 Å². The van der Waals surface area contributed by atoms with Crippen LogP contribution in [-0.2, 0) is 16.0 Å². The number of oxazole rings is 1. The Labute approximate surface area is 141 Å². The zero-order chi connectivity index (χ0) is 17.0. The van der Waals surface area contributed by atoms with Crippen molar-refractivity contribution < 1.29 is 23.1 Å². The summed E-state index contributed by atoms with van der Waals surface area (Å²) in [5.41, 5.74) is 1.01. The number of hydrogen-bond donors (Lipinski definition) is 0. The van der Waals surface area contributed by atoms with Crippen molar-refractivity contribution in [3.63, 3.8) is 0 Å². The number of benzene rings is 1. The van der Waals surface area contributed by atoms with Crippen LogP contribution >= 0.6 is 15.9 Å². The van der Waals surface area contributed by atoms with Crippen LogP contribution in [0.4, 0.5) is 4.39 Å². The molecule has 0 N–H and O–H groups in total. The van der Waals surface area contributed by atoms with Crippen LogP contribution in [-0.4, -0.2) is 24.7 Å². The van der Waals surface area contributed by atoms with E-state index in [2.05, 4.69) is 20.9 Å². The number of methoxy groups -OCH3 is 1. The Balaban J connectivity index is 2.37. The van der Waals surface area contributed by atoms with Gasteiger partial charge in [-0.1, -0.05) is 15.9 Å². The minimum atomic E-state index is -0.816. The molecule has 0 aliphatic carbocycles. The minimum absolute atomic E-state index is 0.0115. The highest BCUT2D eigenvalue weighted by Crippen LogP contribution is 2.35. The molecule has 2 rings (SSSR count). The van der Waals surface area contributed by atoms with Gasteiger partial charge in [0.15, 0.2) is 17.5 Å². The largest absolute Gasteiger partial charge is 0.493 e. The Morgan fingerprint density at radius 1 is 1.48 bits per heavy atom. The number of carbonyl (C=O) groups is 1. The average Bonchev–Trinajstić information content (AvgIpc) is 2.91. The molecule has 1 aromatic heterocycles. The molecular formula is C16H17BrFNO4. The van der Waals surface area contributed by atoms with Crippen molar-refractivity contribution in [1.82, 2.24) is 4.98 Å². The van der Waals surface area contributed by atoms with Gasteiger partial charge in [-0.15, -0.1) is 0 Å². The number of ether oxygens (including phenoxy) is 2. The van der Waals surface area contributed by atoms with Crippen LogP contribution in [0.3, 0.4) is 0 Å². The molecule has 1 atom stereocenters. The first-order valence-electron chi connectivity index (χ1n) is 7.04. The van der Waals surface area contributed by atoms with E-state index >= 15 is 0 Å². The number of nitrogens with zero attached hydrogens (tertiary/aromatic N) is 1. The Kier molecular flexibility index (Phi) is 5.76. The highest BCUT2D eigenvalue weighted by molar-refractivity contribution is 9.09. The van der Waals surface area contributed by atoms with Crippen molar-refractivity contribution in [3.8, 4) is 5.75 Å². The first-order valence-corrected chi connectivity index (χ1v) is 7.96. The van der Waals surface area contributed by atoms with E-state index in [1.807, 2.05) is 0 Å². The molecule has 1 aromatic carbocycles. The average molecular weight is 386 g/mol. The van der Waals surface area contributed by atoms with Crippen molar-refractivity contribution in [2.45, 2.75) is 25.1 Å². The maximum absolute atomic E-state index is 14.3. The van der Waals surface area contributed by atoms with Crippen LogP contribution in [0.15, 0.2) is 22.7 Å². The predicted octanol–water partition coefficient (Wildman–Crippen LogP) is 3.72. The molecule has 1 heterocycles. The molecule has 0 saturated heterocycles. The molecule has 0 fully saturated rings. The summed E-state index contributed by atoms with van der Waals surface area (Å²) >= 11 is 3.24. The molecule has 0 aliphatic rings. The van der Waals surface area contributed by atoms with Gasteiger partial charge in [-0.05, 0) is 24.6 Å². The summed E-state index contributed by atoms with van der Waals surface area (Å²) in [5, 5.41) is 0. The van der Waals surface area contributed by atoms with Crippen molar-refractivity contribution >= 4 is 21.9 Å². The molecule has 5 nitrogen and oxygen atoms in total. The van der Waals surface area contributed by atoms with Gasteiger partial charge < -0.3 is 13.9 Å². The number of aromatic nitrogens is 1. The minimum Gasteiger partial charge on any atom is -0.493 e. The molecule has 2 aromatic rings. The normalized spacial score (nSPS) is 12.0. The molecule has 0 saturated carbocycles. The Hall–Kier alpha value is -1.89. The lowest BCUT2D eigenvalue weighted by Crippen LogP contribution is -2.12. The van der Waals surface area contributed by atoms with Gasteiger partial charge in [0.05, 0.1) is 19.9 Å². The molecule has 23 heavy (non-hydrogen) atoms. The van der Waals surface area contributed by atoms with E-state index in [1.165, 1.54) is 13.2 Å². The van der Waals surface area contributed by atoms with Crippen molar-refractivity contribution in [2.24, 2.45) is 0 Å². The van der Waals surface area contributed by atoms with Gasteiger partial charge >= 0.3 is 5.97 Å². The highest BCUT2D eigenvalue weighted by atomic mass is 79.9. The zero-order valence-corrected chi connectivity index (χ0v) is 14.6. The van der Waals surface area contributed by atoms with Gasteiger partial charge in [0.25, 0.3) is 0 Å². The summed E-state index contributed by atoms with van der Waals surface area (Å²) < 4.78 is 29.7. The van der Waals surface area contributed by atoms with Crippen molar-refractivity contribution in [3.05, 3.63) is 46.9 Å². The van der Waals surface area contributed by atoms with Crippen LogP contribution in [0.1, 0.15) is 34.5 Å².